The quantitative estimate of drug-likeness (QED) is 0.172. The maximum absolute atomic E-state index is 12.3. The molecule has 12 heteroatoms. The van der Waals surface area contributed by atoms with Gasteiger partial charge in [-0.2, -0.15) is 9.35 Å². The number of piperidine rings is 2. The molecule has 0 spiro atoms. The van der Waals surface area contributed by atoms with E-state index in [2.05, 4.69) is 16.2 Å². The molecule has 0 aromatic heterocycles. The van der Waals surface area contributed by atoms with Gasteiger partial charge in [-0.05, 0) is 39.3 Å². The molecule has 1 N–H and O–H groups in total. The second-order valence-electron chi connectivity index (χ2n) is 6.94. The van der Waals surface area contributed by atoms with Gasteiger partial charge in [0.1, 0.15) is 6.04 Å². The fraction of sp³-hybridized carbons (Fsp3) is 0.857. The molecule has 2 amide bonds. The van der Waals surface area contributed by atoms with Crippen LogP contribution in [0, 0.1) is 11.3 Å². The van der Waals surface area contributed by atoms with E-state index in [1.54, 1.807) is 0 Å². The predicted molar refractivity (Wildman–Crippen MR) is 85.4 cm³/mol. The zero-order valence-electron chi connectivity index (χ0n) is 15.1. The fourth-order valence-electron chi connectivity index (χ4n) is 3.81. The van der Waals surface area contributed by atoms with Crippen LogP contribution < -0.4 is 29.6 Å². The summed E-state index contributed by atoms with van der Waals surface area (Å²) in [5, 5.41) is 8.79. The number of nitrogens with zero attached hydrogens (tertiary/aromatic N) is 3. The average Bonchev–Trinajstić information content (AvgIpc) is 2.76. The van der Waals surface area contributed by atoms with Gasteiger partial charge in [-0.1, -0.05) is 0 Å². The Morgan fingerprint density at radius 2 is 2.04 bits per heavy atom. The number of nitrogens with one attached hydrogen (secondary N) is 1. The first-order valence-electron chi connectivity index (χ1n) is 8.39. The van der Waals surface area contributed by atoms with Crippen LogP contribution in [0.15, 0.2) is 0 Å². The molecule has 26 heavy (non-hydrogen) atoms. The van der Waals surface area contributed by atoms with E-state index in [-0.39, 0.29) is 42.0 Å². The summed E-state index contributed by atoms with van der Waals surface area (Å²) in [5.41, 5.74) is 0. The maximum atomic E-state index is 12.3. The standard InChI is InChI=1S/C14H24N4O6S.Na/c1-16-6-2-3-10(7-16)9-23-13(15)12-5-4-11-8-17(12)14(19)18(11)24-25(20,21)22;/h10-12,15H,2-9H2,1H3,(H,20,21,22);/q;+1/p-1/t10-,11-,12+;/m1./s1. The van der Waals surface area contributed by atoms with Gasteiger partial charge in [0.05, 0.1) is 12.6 Å². The molecule has 0 radical (unpaired) electrons. The molecule has 142 valence electrons. The van der Waals surface area contributed by atoms with Gasteiger partial charge >= 0.3 is 35.6 Å². The van der Waals surface area contributed by atoms with Crippen LogP contribution in [-0.4, -0.2) is 85.1 Å². The number of rotatable bonds is 5. The summed E-state index contributed by atoms with van der Waals surface area (Å²) >= 11 is 0. The summed E-state index contributed by atoms with van der Waals surface area (Å²) < 4.78 is 42.2. The molecule has 10 nitrogen and oxygen atoms in total. The molecule has 2 bridgehead atoms. The molecule has 3 aliphatic rings. The van der Waals surface area contributed by atoms with Crippen LogP contribution in [0.1, 0.15) is 25.7 Å². The van der Waals surface area contributed by atoms with Crippen molar-refractivity contribution >= 4 is 22.3 Å². The van der Waals surface area contributed by atoms with Crippen LogP contribution in [0.3, 0.4) is 0 Å². The number of urea groups is 1. The minimum Gasteiger partial charge on any atom is -0.724 e. The number of hydrogen-bond acceptors (Lipinski definition) is 8. The molecule has 0 unspecified atom stereocenters. The van der Waals surface area contributed by atoms with E-state index in [9.17, 15) is 17.8 Å². The van der Waals surface area contributed by atoms with Gasteiger partial charge in [-0.15, -0.1) is 0 Å². The first-order chi connectivity index (χ1) is 11.7. The van der Waals surface area contributed by atoms with Crippen molar-refractivity contribution in [3.8, 4) is 0 Å². The van der Waals surface area contributed by atoms with E-state index >= 15 is 0 Å². The van der Waals surface area contributed by atoms with Gasteiger partial charge in [0.2, 0.25) is 16.3 Å². The molecular formula is C14H23N4NaO6S. The number of hydroxylamine groups is 2. The van der Waals surface area contributed by atoms with Crippen molar-refractivity contribution in [2.45, 2.75) is 37.8 Å². The van der Waals surface area contributed by atoms with Gasteiger partial charge < -0.3 is 19.1 Å². The fourth-order valence-corrected chi connectivity index (χ4v) is 4.20. The van der Waals surface area contributed by atoms with E-state index in [1.165, 1.54) is 4.90 Å². The number of carbonyl (C=O) groups is 1. The first kappa shape index (κ1) is 21.9. The molecule has 3 atom stereocenters. The van der Waals surface area contributed by atoms with Crippen LogP contribution in [0.4, 0.5) is 4.79 Å². The molecule has 3 rings (SSSR count). The van der Waals surface area contributed by atoms with Gasteiger partial charge in [0.15, 0.2) is 0 Å². The summed E-state index contributed by atoms with van der Waals surface area (Å²) in [5.74, 6) is 0.363. The van der Waals surface area contributed by atoms with E-state index in [0.717, 1.165) is 25.9 Å². The Kier molecular flexibility index (Phi) is 7.33. The summed E-state index contributed by atoms with van der Waals surface area (Å²) in [4.78, 5) is 15.9. The van der Waals surface area contributed by atoms with Crippen molar-refractivity contribution in [2.24, 2.45) is 5.92 Å². The molecule has 0 saturated carbocycles. The van der Waals surface area contributed by atoms with Gasteiger partial charge in [-0.3, -0.25) is 5.41 Å². The Morgan fingerprint density at radius 3 is 2.69 bits per heavy atom. The van der Waals surface area contributed by atoms with Gasteiger partial charge in [0.25, 0.3) is 0 Å². The molecular weight excluding hydrogens is 375 g/mol. The molecule has 3 heterocycles. The normalized spacial score (nSPS) is 29.5. The van der Waals surface area contributed by atoms with Gasteiger partial charge in [-0.25, -0.2) is 13.2 Å². The smallest absolute Gasteiger partial charge is 0.724 e. The molecule has 3 fully saturated rings. The number of ether oxygens (including phenoxy) is 1. The van der Waals surface area contributed by atoms with Crippen LogP contribution in [0.2, 0.25) is 0 Å². The first-order valence-corrected chi connectivity index (χ1v) is 9.73. The van der Waals surface area contributed by atoms with Crippen molar-refractivity contribution in [1.29, 1.82) is 5.41 Å². The Morgan fingerprint density at radius 1 is 1.31 bits per heavy atom. The van der Waals surface area contributed by atoms with Crippen molar-refractivity contribution in [1.82, 2.24) is 14.9 Å². The number of carbonyl (C=O) groups excluding carboxylic acids is 1. The van der Waals surface area contributed by atoms with Crippen LogP contribution >= 0.6 is 0 Å². The van der Waals surface area contributed by atoms with Crippen LogP contribution in [0.5, 0.6) is 0 Å². The Balaban J connectivity index is 0.00000243. The van der Waals surface area contributed by atoms with Crippen molar-refractivity contribution in [3.63, 3.8) is 0 Å². The van der Waals surface area contributed by atoms with E-state index in [0.29, 0.717) is 30.4 Å². The van der Waals surface area contributed by atoms with Crippen LogP contribution in [0.25, 0.3) is 0 Å². The van der Waals surface area contributed by atoms with E-state index in [1.807, 2.05) is 0 Å². The second kappa shape index (κ2) is 8.72. The average molecular weight is 398 g/mol. The third kappa shape index (κ3) is 5.09. The molecule has 3 aliphatic heterocycles. The van der Waals surface area contributed by atoms with E-state index < -0.39 is 28.5 Å². The summed E-state index contributed by atoms with van der Waals surface area (Å²) in [6.07, 6.45) is 3.07. The van der Waals surface area contributed by atoms with Gasteiger partial charge in [0, 0.05) is 19.0 Å². The second-order valence-corrected chi connectivity index (χ2v) is 7.90. The number of likely N-dealkylation sites (tertiary alicyclic amines) is 1. The molecule has 0 aliphatic carbocycles. The summed E-state index contributed by atoms with van der Waals surface area (Å²) in [6, 6.07) is -1.75. The minimum atomic E-state index is -5.01. The third-order valence-corrected chi connectivity index (χ3v) is 5.34. The Hall–Kier alpha value is -0.430. The Bertz CT molecular complexity index is 647. The van der Waals surface area contributed by atoms with Crippen molar-refractivity contribution in [3.05, 3.63) is 0 Å². The molecule has 0 aromatic rings. The zero-order chi connectivity index (χ0) is 18.2. The minimum absolute atomic E-state index is 0. The zero-order valence-corrected chi connectivity index (χ0v) is 17.9. The maximum Gasteiger partial charge on any atom is 1.00 e. The molecule has 3 saturated heterocycles. The Labute approximate surface area is 175 Å². The van der Waals surface area contributed by atoms with Crippen molar-refractivity contribution < 1.29 is 56.3 Å². The molecule has 0 aromatic carbocycles. The number of fused-ring (bicyclic) bond motifs is 2. The number of amides is 2. The SMILES string of the molecule is CN1CCC[C@@H](COC(=N)[C@@H]2CC[C@@H]3CN2C(=O)N3OS(=O)(=O)[O-])C1.[Na+]. The van der Waals surface area contributed by atoms with Crippen LogP contribution in [-0.2, 0) is 19.4 Å². The summed E-state index contributed by atoms with van der Waals surface area (Å²) in [7, 11) is -2.95. The largest absolute Gasteiger partial charge is 1.00 e. The topological polar surface area (TPSA) is 126 Å². The third-order valence-electron chi connectivity index (χ3n) is 4.99. The van der Waals surface area contributed by atoms with E-state index in [4.69, 9.17) is 10.1 Å². The van der Waals surface area contributed by atoms with Crippen molar-refractivity contribution in [2.75, 3.05) is 33.3 Å². The monoisotopic (exact) mass is 398 g/mol. The summed E-state index contributed by atoms with van der Waals surface area (Å²) in [6.45, 7) is 2.64. The predicted octanol–water partition coefficient (Wildman–Crippen LogP) is -3.01. The number of hydrogen-bond donors (Lipinski definition) is 1.